The van der Waals surface area contributed by atoms with Crippen LogP contribution >= 0.6 is 0 Å². The standard InChI is InChI=1S/C9H14N2O.C8H9N3/c1-7(2)8-6-10-11-4-3-5-12-9(8)11;1-2-7-5-9-8-3-4-10-11(8)6-7/h6-7H,3-5H2,1-2H3;3-6H,2H2,1H3. The highest BCUT2D eigenvalue weighted by atomic mass is 16.5. The highest BCUT2D eigenvalue weighted by Gasteiger charge is 2.17. The van der Waals surface area contributed by atoms with E-state index in [4.69, 9.17) is 4.74 Å². The van der Waals surface area contributed by atoms with Crippen LogP contribution in [0.4, 0.5) is 0 Å². The van der Waals surface area contributed by atoms with E-state index >= 15 is 0 Å². The molecule has 122 valence electrons. The fraction of sp³-hybridized carbons (Fsp3) is 0.471. The second kappa shape index (κ2) is 6.81. The topological polar surface area (TPSA) is 57.2 Å². The number of ether oxygens (including phenoxy) is 1. The van der Waals surface area contributed by atoms with E-state index in [1.54, 1.807) is 10.7 Å². The molecule has 6 heteroatoms. The summed E-state index contributed by atoms with van der Waals surface area (Å²) in [6.07, 6.45) is 9.64. The summed E-state index contributed by atoms with van der Waals surface area (Å²) in [5.41, 5.74) is 3.35. The van der Waals surface area contributed by atoms with Crippen molar-refractivity contribution in [3.05, 3.63) is 42.0 Å². The van der Waals surface area contributed by atoms with Crippen molar-refractivity contribution in [1.82, 2.24) is 24.4 Å². The van der Waals surface area contributed by atoms with Gasteiger partial charge in [-0.2, -0.15) is 10.2 Å². The molecule has 4 rings (SSSR count). The van der Waals surface area contributed by atoms with Gasteiger partial charge in [0.25, 0.3) is 0 Å². The third kappa shape index (κ3) is 3.36. The Morgan fingerprint density at radius 2 is 2.13 bits per heavy atom. The SMILES string of the molecule is CC(C)c1cnn2c1OCCC2.CCc1cnc2ccnn2c1. The van der Waals surface area contributed by atoms with Gasteiger partial charge < -0.3 is 4.74 Å². The molecule has 1 aliphatic rings. The van der Waals surface area contributed by atoms with Crippen molar-refractivity contribution < 1.29 is 4.74 Å². The third-order valence-corrected chi connectivity index (χ3v) is 3.90. The number of hydrogen-bond donors (Lipinski definition) is 0. The van der Waals surface area contributed by atoms with Crippen LogP contribution in [0.1, 0.15) is 44.2 Å². The van der Waals surface area contributed by atoms with Crippen LogP contribution in [-0.2, 0) is 13.0 Å². The largest absolute Gasteiger partial charge is 0.478 e. The van der Waals surface area contributed by atoms with Gasteiger partial charge in [0, 0.05) is 37.0 Å². The Morgan fingerprint density at radius 3 is 2.91 bits per heavy atom. The minimum atomic E-state index is 0.506. The van der Waals surface area contributed by atoms with Crippen LogP contribution in [0.5, 0.6) is 5.88 Å². The van der Waals surface area contributed by atoms with E-state index < -0.39 is 0 Å². The third-order valence-electron chi connectivity index (χ3n) is 3.90. The molecule has 0 fully saturated rings. The maximum Gasteiger partial charge on any atom is 0.215 e. The molecule has 0 atom stereocenters. The van der Waals surface area contributed by atoms with Gasteiger partial charge in [-0.1, -0.05) is 20.8 Å². The minimum Gasteiger partial charge on any atom is -0.478 e. The molecule has 0 radical (unpaired) electrons. The number of fused-ring (bicyclic) bond motifs is 2. The maximum atomic E-state index is 5.56. The Bertz CT molecular complexity index is 774. The van der Waals surface area contributed by atoms with E-state index in [2.05, 4.69) is 36.0 Å². The second-order valence-electron chi connectivity index (χ2n) is 5.93. The van der Waals surface area contributed by atoms with Crippen molar-refractivity contribution in [2.75, 3.05) is 6.61 Å². The molecule has 0 saturated carbocycles. The molecule has 0 unspecified atom stereocenters. The molecule has 3 aromatic rings. The first-order valence-corrected chi connectivity index (χ1v) is 8.15. The molecule has 0 aromatic carbocycles. The van der Waals surface area contributed by atoms with Gasteiger partial charge in [0.1, 0.15) is 0 Å². The molecule has 4 heterocycles. The molecular weight excluding hydrogens is 290 g/mol. The lowest BCUT2D eigenvalue weighted by atomic mass is 10.1. The van der Waals surface area contributed by atoms with Crippen LogP contribution in [0.25, 0.3) is 5.65 Å². The molecule has 0 aliphatic carbocycles. The number of rotatable bonds is 2. The summed E-state index contributed by atoms with van der Waals surface area (Å²) in [6.45, 7) is 8.27. The van der Waals surface area contributed by atoms with E-state index in [0.29, 0.717) is 5.92 Å². The van der Waals surface area contributed by atoms with Crippen LogP contribution in [0, 0.1) is 0 Å². The summed E-state index contributed by atoms with van der Waals surface area (Å²) in [7, 11) is 0. The monoisotopic (exact) mass is 313 g/mol. The van der Waals surface area contributed by atoms with Gasteiger partial charge in [0.2, 0.25) is 5.88 Å². The number of hydrogen-bond acceptors (Lipinski definition) is 4. The van der Waals surface area contributed by atoms with Crippen LogP contribution in [0.3, 0.4) is 0 Å². The highest BCUT2D eigenvalue weighted by Crippen LogP contribution is 2.28. The first-order chi connectivity index (χ1) is 11.2. The summed E-state index contributed by atoms with van der Waals surface area (Å²) in [6, 6.07) is 1.89. The lowest BCUT2D eigenvalue weighted by Crippen LogP contribution is -2.15. The van der Waals surface area contributed by atoms with Crippen LogP contribution in [-0.4, -0.2) is 31.0 Å². The normalized spacial score (nSPS) is 13.4. The van der Waals surface area contributed by atoms with Gasteiger partial charge in [-0.25, -0.2) is 14.2 Å². The first kappa shape index (κ1) is 15.5. The van der Waals surface area contributed by atoms with Crippen LogP contribution in [0.2, 0.25) is 0 Å². The molecule has 23 heavy (non-hydrogen) atoms. The average molecular weight is 313 g/mol. The van der Waals surface area contributed by atoms with Crippen molar-refractivity contribution in [3.63, 3.8) is 0 Å². The number of nitrogens with zero attached hydrogens (tertiary/aromatic N) is 5. The first-order valence-electron chi connectivity index (χ1n) is 8.15. The van der Waals surface area contributed by atoms with Gasteiger partial charge in [0.05, 0.1) is 19.0 Å². The molecule has 0 saturated heterocycles. The van der Waals surface area contributed by atoms with Gasteiger partial charge >= 0.3 is 0 Å². The lowest BCUT2D eigenvalue weighted by molar-refractivity contribution is 0.227. The molecule has 6 nitrogen and oxygen atoms in total. The van der Waals surface area contributed by atoms with E-state index in [-0.39, 0.29) is 0 Å². The van der Waals surface area contributed by atoms with Crippen molar-refractivity contribution in [2.24, 2.45) is 0 Å². The van der Waals surface area contributed by atoms with Crippen molar-refractivity contribution >= 4 is 5.65 Å². The summed E-state index contributed by atoms with van der Waals surface area (Å²) in [5, 5.41) is 8.35. The van der Waals surface area contributed by atoms with Gasteiger partial charge in [-0.15, -0.1) is 0 Å². The fourth-order valence-electron chi connectivity index (χ4n) is 2.52. The van der Waals surface area contributed by atoms with Crippen molar-refractivity contribution in [2.45, 2.75) is 46.1 Å². The zero-order chi connectivity index (χ0) is 16.2. The molecule has 0 bridgehead atoms. The predicted molar refractivity (Wildman–Crippen MR) is 88.8 cm³/mol. The van der Waals surface area contributed by atoms with Crippen LogP contribution in [0.15, 0.2) is 30.9 Å². The summed E-state index contributed by atoms with van der Waals surface area (Å²) >= 11 is 0. The quantitative estimate of drug-likeness (QED) is 0.729. The van der Waals surface area contributed by atoms with Crippen LogP contribution < -0.4 is 4.74 Å². The predicted octanol–water partition coefficient (Wildman–Crippen LogP) is 3.08. The number of aryl methyl sites for hydroxylation is 2. The minimum absolute atomic E-state index is 0.506. The molecule has 3 aromatic heterocycles. The van der Waals surface area contributed by atoms with E-state index in [1.807, 2.05) is 29.3 Å². The Morgan fingerprint density at radius 1 is 1.26 bits per heavy atom. The summed E-state index contributed by atoms with van der Waals surface area (Å²) in [5.74, 6) is 1.49. The second-order valence-corrected chi connectivity index (χ2v) is 5.93. The Balaban J connectivity index is 0.000000136. The van der Waals surface area contributed by atoms with Crippen molar-refractivity contribution in [1.29, 1.82) is 0 Å². The zero-order valence-corrected chi connectivity index (χ0v) is 13.9. The van der Waals surface area contributed by atoms with E-state index in [0.717, 1.165) is 37.5 Å². The van der Waals surface area contributed by atoms with Gasteiger partial charge in [0.15, 0.2) is 5.65 Å². The molecular formula is C17H23N5O. The van der Waals surface area contributed by atoms with Crippen molar-refractivity contribution in [3.8, 4) is 5.88 Å². The molecule has 0 amide bonds. The Hall–Kier alpha value is -2.37. The number of aromatic nitrogens is 5. The lowest BCUT2D eigenvalue weighted by Gasteiger charge is -2.16. The van der Waals surface area contributed by atoms with Gasteiger partial charge in [-0.05, 0) is 17.9 Å². The summed E-state index contributed by atoms with van der Waals surface area (Å²) < 4.78 is 9.30. The highest BCUT2D eigenvalue weighted by molar-refractivity contribution is 5.35. The fourth-order valence-corrected chi connectivity index (χ4v) is 2.52. The maximum absolute atomic E-state index is 5.56. The molecule has 0 spiro atoms. The smallest absolute Gasteiger partial charge is 0.215 e. The van der Waals surface area contributed by atoms with Gasteiger partial charge in [-0.3, -0.25) is 0 Å². The summed E-state index contributed by atoms with van der Waals surface area (Å²) in [4.78, 5) is 4.21. The Labute approximate surface area is 136 Å². The average Bonchev–Trinajstić information content (AvgIpc) is 3.21. The van der Waals surface area contributed by atoms with E-state index in [1.165, 1.54) is 11.1 Å². The Kier molecular flexibility index (Phi) is 4.60. The zero-order valence-electron chi connectivity index (χ0n) is 13.9. The molecule has 1 aliphatic heterocycles. The van der Waals surface area contributed by atoms with E-state index in [9.17, 15) is 0 Å². The molecule has 0 N–H and O–H groups in total.